The van der Waals surface area contributed by atoms with Gasteiger partial charge in [0.15, 0.2) is 0 Å². The number of hydrogen-bond donors (Lipinski definition) is 2. The first kappa shape index (κ1) is 14.5. The fourth-order valence-corrected chi connectivity index (χ4v) is 2.91. The molecule has 6 heteroatoms. The van der Waals surface area contributed by atoms with E-state index in [0.717, 1.165) is 0 Å². The minimum Gasteiger partial charge on any atom is -0.507 e. The number of para-hydroxylation sites is 1. The number of sulfonamides is 1. The molecule has 20 heavy (non-hydrogen) atoms. The van der Waals surface area contributed by atoms with Crippen LogP contribution in [0, 0.1) is 5.82 Å². The largest absolute Gasteiger partial charge is 0.507 e. The fourth-order valence-electron chi connectivity index (χ4n) is 1.78. The van der Waals surface area contributed by atoms with Gasteiger partial charge >= 0.3 is 0 Å². The number of rotatable bonds is 5. The van der Waals surface area contributed by atoms with Crippen molar-refractivity contribution in [1.82, 2.24) is 4.72 Å². The Balaban J connectivity index is 2.04. The molecule has 0 atom stereocenters. The lowest BCUT2D eigenvalue weighted by Crippen LogP contribution is -2.26. The maximum absolute atomic E-state index is 13.4. The summed E-state index contributed by atoms with van der Waals surface area (Å²) in [6.07, 6.45) is 0.236. The Kier molecular flexibility index (Phi) is 4.36. The van der Waals surface area contributed by atoms with Crippen LogP contribution in [0.5, 0.6) is 5.75 Å². The third-order valence-corrected chi connectivity index (χ3v) is 4.31. The summed E-state index contributed by atoms with van der Waals surface area (Å²) in [6, 6.07) is 11.8. The highest BCUT2D eigenvalue weighted by molar-refractivity contribution is 7.89. The fraction of sp³-hybridized carbons (Fsp3) is 0.143. The predicted molar refractivity (Wildman–Crippen MR) is 73.4 cm³/mol. The maximum atomic E-state index is 13.4. The van der Waals surface area contributed by atoms with Crippen molar-refractivity contribution in [1.29, 1.82) is 0 Å². The Bertz CT molecular complexity index is 701. The Hall–Kier alpha value is -1.92. The molecule has 2 aromatic carbocycles. The van der Waals surface area contributed by atoms with Crippen LogP contribution in [-0.2, 0) is 16.4 Å². The SMILES string of the molecule is O=S(=O)(NCCc1ccccc1F)c1ccccc1O. The minimum absolute atomic E-state index is 0.0532. The van der Waals surface area contributed by atoms with Crippen molar-refractivity contribution >= 4 is 10.0 Å². The maximum Gasteiger partial charge on any atom is 0.244 e. The summed E-state index contributed by atoms with van der Waals surface area (Å²) in [4.78, 5) is -0.187. The monoisotopic (exact) mass is 295 g/mol. The van der Waals surface area contributed by atoms with Crippen LogP contribution in [0.2, 0.25) is 0 Å². The van der Waals surface area contributed by atoms with Crippen LogP contribution >= 0.6 is 0 Å². The van der Waals surface area contributed by atoms with Crippen molar-refractivity contribution in [3.8, 4) is 5.75 Å². The van der Waals surface area contributed by atoms with Gasteiger partial charge in [-0.3, -0.25) is 0 Å². The molecule has 2 N–H and O–H groups in total. The Morgan fingerprint density at radius 1 is 1.05 bits per heavy atom. The lowest BCUT2D eigenvalue weighted by molar-refractivity contribution is 0.458. The number of aromatic hydroxyl groups is 1. The van der Waals surface area contributed by atoms with Crippen LogP contribution in [-0.4, -0.2) is 20.1 Å². The zero-order valence-corrected chi connectivity index (χ0v) is 11.4. The van der Waals surface area contributed by atoms with Gasteiger partial charge in [0.25, 0.3) is 0 Å². The summed E-state index contributed by atoms with van der Waals surface area (Å²) >= 11 is 0. The third kappa shape index (κ3) is 3.34. The van der Waals surface area contributed by atoms with Crippen LogP contribution < -0.4 is 4.72 Å². The smallest absolute Gasteiger partial charge is 0.244 e. The van der Waals surface area contributed by atoms with Crippen molar-refractivity contribution in [2.24, 2.45) is 0 Å². The third-order valence-electron chi connectivity index (χ3n) is 2.80. The normalized spacial score (nSPS) is 11.4. The van der Waals surface area contributed by atoms with Crippen molar-refractivity contribution in [3.63, 3.8) is 0 Å². The van der Waals surface area contributed by atoms with Gasteiger partial charge in [-0.15, -0.1) is 0 Å². The predicted octanol–water partition coefficient (Wildman–Crippen LogP) is 2.05. The highest BCUT2D eigenvalue weighted by atomic mass is 32.2. The van der Waals surface area contributed by atoms with E-state index in [9.17, 15) is 17.9 Å². The topological polar surface area (TPSA) is 66.4 Å². The summed E-state index contributed by atoms with van der Waals surface area (Å²) < 4.78 is 39.6. The standard InChI is InChI=1S/C14H14FNO3S/c15-12-6-2-1-5-11(12)9-10-16-20(18,19)14-8-4-3-7-13(14)17/h1-8,16-17H,9-10H2. The number of phenols is 1. The Morgan fingerprint density at radius 3 is 2.40 bits per heavy atom. The van der Waals surface area contributed by atoms with E-state index in [4.69, 9.17) is 0 Å². The summed E-state index contributed by atoms with van der Waals surface area (Å²) in [7, 11) is -3.80. The molecule has 0 heterocycles. The molecule has 2 aromatic rings. The molecule has 0 aliphatic heterocycles. The first-order valence-corrected chi connectivity index (χ1v) is 7.50. The van der Waals surface area contributed by atoms with E-state index < -0.39 is 10.0 Å². The summed E-state index contributed by atoms with van der Waals surface area (Å²) in [5, 5.41) is 9.53. The summed E-state index contributed by atoms with van der Waals surface area (Å²) in [5.74, 6) is -0.680. The van der Waals surface area contributed by atoms with E-state index in [1.807, 2.05) is 0 Å². The van der Waals surface area contributed by atoms with E-state index in [-0.39, 0.29) is 29.4 Å². The van der Waals surface area contributed by atoms with Gasteiger partial charge < -0.3 is 5.11 Å². The molecular weight excluding hydrogens is 281 g/mol. The van der Waals surface area contributed by atoms with Gasteiger partial charge in [-0.2, -0.15) is 0 Å². The summed E-state index contributed by atoms with van der Waals surface area (Å²) in [5.41, 5.74) is 0.437. The van der Waals surface area contributed by atoms with Crippen LogP contribution in [0.3, 0.4) is 0 Å². The Labute approximate surface area is 116 Å². The molecule has 0 bridgehead atoms. The molecular formula is C14H14FNO3S. The van der Waals surface area contributed by atoms with E-state index in [2.05, 4.69) is 4.72 Å². The van der Waals surface area contributed by atoms with Crippen molar-refractivity contribution in [3.05, 3.63) is 59.9 Å². The average molecular weight is 295 g/mol. The van der Waals surface area contributed by atoms with Crippen molar-refractivity contribution in [2.75, 3.05) is 6.54 Å². The quantitative estimate of drug-likeness (QED) is 0.887. The molecule has 0 saturated heterocycles. The van der Waals surface area contributed by atoms with Gasteiger partial charge in [-0.1, -0.05) is 30.3 Å². The van der Waals surface area contributed by atoms with Gasteiger partial charge in [-0.05, 0) is 30.2 Å². The molecule has 0 unspecified atom stereocenters. The highest BCUT2D eigenvalue weighted by Crippen LogP contribution is 2.20. The van der Waals surface area contributed by atoms with Crippen molar-refractivity contribution < 1.29 is 17.9 Å². The minimum atomic E-state index is -3.80. The first-order chi connectivity index (χ1) is 9.50. The molecule has 0 fully saturated rings. The Morgan fingerprint density at radius 2 is 1.70 bits per heavy atom. The van der Waals surface area contributed by atoms with Crippen molar-refractivity contribution in [2.45, 2.75) is 11.3 Å². The second kappa shape index (κ2) is 6.02. The second-order valence-electron chi connectivity index (χ2n) is 4.21. The molecule has 106 valence electrons. The van der Waals surface area contributed by atoms with Crippen LogP contribution in [0.15, 0.2) is 53.4 Å². The molecule has 0 radical (unpaired) electrons. The van der Waals surface area contributed by atoms with Crippen LogP contribution in [0.25, 0.3) is 0 Å². The van der Waals surface area contributed by atoms with E-state index >= 15 is 0 Å². The number of halogens is 1. The molecule has 0 spiro atoms. The van der Waals surface area contributed by atoms with Crippen LogP contribution in [0.4, 0.5) is 4.39 Å². The van der Waals surface area contributed by atoms with Gasteiger partial charge in [0.2, 0.25) is 10.0 Å². The van der Waals surface area contributed by atoms with Crippen LogP contribution in [0.1, 0.15) is 5.56 Å². The average Bonchev–Trinajstić information content (AvgIpc) is 2.41. The number of benzene rings is 2. The lowest BCUT2D eigenvalue weighted by Gasteiger charge is -2.08. The molecule has 0 aromatic heterocycles. The molecule has 0 aliphatic rings. The van der Waals surface area contributed by atoms with Gasteiger partial charge in [0.05, 0.1) is 0 Å². The van der Waals surface area contributed by atoms with E-state index in [1.165, 1.54) is 30.3 Å². The lowest BCUT2D eigenvalue weighted by atomic mass is 10.1. The zero-order valence-electron chi connectivity index (χ0n) is 10.6. The highest BCUT2D eigenvalue weighted by Gasteiger charge is 2.17. The van der Waals surface area contributed by atoms with E-state index in [0.29, 0.717) is 5.56 Å². The molecule has 0 saturated carbocycles. The second-order valence-corrected chi connectivity index (χ2v) is 5.94. The number of phenolic OH excluding ortho intramolecular Hbond substituents is 1. The summed E-state index contributed by atoms with van der Waals surface area (Å²) in [6.45, 7) is 0.0532. The van der Waals surface area contributed by atoms with Gasteiger partial charge in [0, 0.05) is 6.54 Å². The molecule has 0 aliphatic carbocycles. The number of nitrogens with one attached hydrogen (secondary N) is 1. The van der Waals surface area contributed by atoms with Gasteiger partial charge in [-0.25, -0.2) is 17.5 Å². The number of hydrogen-bond acceptors (Lipinski definition) is 3. The molecule has 4 nitrogen and oxygen atoms in total. The first-order valence-electron chi connectivity index (χ1n) is 6.02. The molecule has 2 rings (SSSR count). The van der Waals surface area contributed by atoms with E-state index in [1.54, 1.807) is 18.2 Å². The zero-order chi connectivity index (χ0) is 14.6. The van der Waals surface area contributed by atoms with Gasteiger partial charge in [0.1, 0.15) is 16.5 Å². The molecule has 0 amide bonds.